The average Bonchev–Trinajstić information content (AvgIpc) is 2.52. The van der Waals surface area contributed by atoms with E-state index in [4.69, 9.17) is 16.3 Å². The van der Waals surface area contributed by atoms with Gasteiger partial charge in [-0.25, -0.2) is 14.8 Å². The van der Waals surface area contributed by atoms with Crippen molar-refractivity contribution in [2.75, 3.05) is 24.5 Å². The number of piperidine rings is 1. The minimum absolute atomic E-state index is 0.249. The minimum atomic E-state index is -0.504. The molecule has 2 aliphatic rings. The normalized spacial score (nSPS) is 18.9. The van der Waals surface area contributed by atoms with Crippen LogP contribution < -0.4 is 4.90 Å². The van der Waals surface area contributed by atoms with Crippen molar-refractivity contribution in [3.8, 4) is 0 Å². The van der Waals surface area contributed by atoms with Gasteiger partial charge in [0.15, 0.2) is 0 Å². The predicted molar refractivity (Wildman–Crippen MR) is 98.0 cm³/mol. The number of carbonyl (C=O) groups excluding carboxylic acids is 1. The van der Waals surface area contributed by atoms with Crippen LogP contribution in [0.1, 0.15) is 51.8 Å². The van der Waals surface area contributed by atoms with E-state index in [9.17, 15) is 4.79 Å². The Kier molecular flexibility index (Phi) is 5.09. The van der Waals surface area contributed by atoms with Gasteiger partial charge in [0, 0.05) is 25.2 Å². The van der Waals surface area contributed by atoms with Crippen molar-refractivity contribution in [2.24, 2.45) is 5.92 Å². The minimum Gasteiger partial charge on any atom is -0.444 e. The van der Waals surface area contributed by atoms with Gasteiger partial charge in [-0.2, -0.15) is 0 Å². The van der Waals surface area contributed by atoms with Crippen molar-refractivity contribution in [1.29, 1.82) is 0 Å². The van der Waals surface area contributed by atoms with Gasteiger partial charge in [0.2, 0.25) is 5.28 Å². The molecule has 0 aliphatic carbocycles. The summed E-state index contributed by atoms with van der Waals surface area (Å²) in [5.41, 5.74) is 1.46. The molecule has 25 heavy (non-hydrogen) atoms. The second-order valence-electron chi connectivity index (χ2n) is 8.06. The monoisotopic (exact) mass is 366 g/mol. The summed E-state index contributed by atoms with van der Waals surface area (Å²) in [4.78, 5) is 25.3. The lowest BCUT2D eigenvalue weighted by Crippen LogP contribution is -2.41. The Morgan fingerprint density at radius 3 is 2.52 bits per heavy atom. The molecule has 1 amide bonds. The highest BCUT2D eigenvalue weighted by molar-refractivity contribution is 6.28. The van der Waals surface area contributed by atoms with E-state index < -0.39 is 5.60 Å². The van der Waals surface area contributed by atoms with Gasteiger partial charge in [-0.15, -0.1) is 0 Å². The molecule has 0 atom stereocenters. The van der Waals surface area contributed by atoms with E-state index in [1.807, 2.05) is 20.8 Å². The molecule has 0 aromatic carbocycles. The molecular weight excluding hydrogens is 340 g/mol. The Morgan fingerprint density at radius 1 is 1.20 bits per heavy atom. The Balaban J connectivity index is 1.80. The Bertz CT molecular complexity index is 651. The zero-order valence-corrected chi connectivity index (χ0v) is 16.3. The maximum atomic E-state index is 12.3. The lowest BCUT2D eigenvalue weighted by Gasteiger charge is -2.35. The molecule has 3 heterocycles. The largest absolute Gasteiger partial charge is 0.444 e. The fourth-order valence-electron chi connectivity index (χ4n) is 3.35. The molecular formula is C18H27ClN4O2. The Hall–Kier alpha value is -1.56. The third kappa shape index (κ3) is 4.35. The van der Waals surface area contributed by atoms with Crippen molar-refractivity contribution in [3.05, 3.63) is 16.5 Å². The first-order chi connectivity index (χ1) is 11.7. The van der Waals surface area contributed by atoms with Gasteiger partial charge in [-0.05, 0) is 57.6 Å². The van der Waals surface area contributed by atoms with Crippen molar-refractivity contribution in [3.63, 3.8) is 0 Å². The SMILES string of the molecule is CC1CCN(c2nc(Cl)nc3c2CCN(C(=O)OC(C)(C)C)C3)CC1. The summed E-state index contributed by atoms with van der Waals surface area (Å²) < 4.78 is 5.48. The zero-order chi connectivity index (χ0) is 18.2. The van der Waals surface area contributed by atoms with E-state index in [2.05, 4.69) is 21.8 Å². The molecule has 1 saturated heterocycles. The van der Waals surface area contributed by atoms with Crippen molar-refractivity contribution in [1.82, 2.24) is 14.9 Å². The first-order valence-corrected chi connectivity index (χ1v) is 9.39. The first-order valence-electron chi connectivity index (χ1n) is 9.01. The average molecular weight is 367 g/mol. The quantitative estimate of drug-likeness (QED) is 0.710. The van der Waals surface area contributed by atoms with Crippen LogP contribution in [0.25, 0.3) is 0 Å². The van der Waals surface area contributed by atoms with E-state index in [-0.39, 0.29) is 11.4 Å². The summed E-state index contributed by atoms with van der Waals surface area (Å²) in [5, 5.41) is 0.249. The van der Waals surface area contributed by atoms with E-state index >= 15 is 0 Å². The highest BCUT2D eigenvalue weighted by Crippen LogP contribution is 2.31. The third-order valence-corrected chi connectivity index (χ3v) is 4.92. The van der Waals surface area contributed by atoms with Gasteiger partial charge in [0.05, 0.1) is 12.2 Å². The van der Waals surface area contributed by atoms with Gasteiger partial charge < -0.3 is 14.5 Å². The van der Waals surface area contributed by atoms with E-state index in [0.717, 1.165) is 42.5 Å². The summed E-state index contributed by atoms with van der Waals surface area (Å²) in [6, 6.07) is 0. The van der Waals surface area contributed by atoms with E-state index in [1.54, 1.807) is 4.90 Å². The second-order valence-corrected chi connectivity index (χ2v) is 8.40. The molecule has 0 saturated carbocycles. The molecule has 0 bridgehead atoms. The number of halogens is 1. The standard InChI is InChI=1S/C18H27ClN4O2/c1-12-5-8-22(9-6-12)15-13-7-10-23(17(24)25-18(2,3)4)11-14(13)20-16(19)21-15/h12H,5-11H2,1-4H3. The fourth-order valence-corrected chi connectivity index (χ4v) is 3.53. The van der Waals surface area contributed by atoms with Gasteiger partial charge in [0.25, 0.3) is 0 Å². The van der Waals surface area contributed by atoms with Crippen LogP contribution in [0.2, 0.25) is 5.28 Å². The molecule has 1 aromatic heterocycles. The summed E-state index contributed by atoms with van der Waals surface area (Å²) in [7, 11) is 0. The van der Waals surface area contributed by atoms with Gasteiger partial charge in [0.1, 0.15) is 11.4 Å². The van der Waals surface area contributed by atoms with Gasteiger partial charge in [-0.3, -0.25) is 0 Å². The Labute approximate surface area is 154 Å². The van der Waals surface area contributed by atoms with Crippen LogP contribution in [0.4, 0.5) is 10.6 Å². The van der Waals surface area contributed by atoms with Crippen LogP contribution in [-0.2, 0) is 17.7 Å². The molecule has 6 nitrogen and oxygen atoms in total. The van der Waals surface area contributed by atoms with Gasteiger partial charge in [-0.1, -0.05) is 6.92 Å². The smallest absolute Gasteiger partial charge is 0.410 e. The third-order valence-electron chi connectivity index (χ3n) is 4.75. The maximum Gasteiger partial charge on any atom is 0.410 e. The second kappa shape index (κ2) is 6.98. The number of ether oxygens (including phenoxy) is 1. The number of carbonyl (C=O) groups is 1. The maximum absolute atomic E-state index is 12.3. The van der Waals surface area contributed by atoms with E-state index in [1.165, 1.54) is 12.8 Å². The molecule has 1 aromatic rings. The lowest BCUT2D eigenvalue weighted by molar-refractivity contribution is 0.0220. The lowest BCUT2D eigenvalue weighted by atomic mass is 9.98. The number of fused-ring (bicyclic) bond motifs is 1. The van der Waals surface area contributed by atoms with Crippen LogP contribution in [0.3, 0.4) is 0 Å². The summed E-state index contributed by atoms with van der Waals surface area (Å²) >= 11 is 6.18. The van der Waals surface area contributed by atoms with Crippen LogP contribution in [0.5, 0.6) is 0 Å². The zero-order valence-electron chi connectivity index (χ0n) is 15.5. The molecule has 2 aliphatic heterocycles. The number of anilines is 1. The number of amides is 1. The first kappa shape index (κ1) is 18.2. The summed E-state index contributed by atoms with van der Waals surface area (Å²) in [6.07, 6.45) is 2.76. The Morgan fingerprint density at radius 2 is 1.88 bits per heavy atom. The number of hydrogen-bond acceptors (Lipinski definition) is 5. The number of hydrogen-bond donors (Lipinski definition) is 0. The molecule has 0 N–H and O–H groups in total. The van der Waals surface area contributed by atoms with Crippen LogP contribution in [0.15, 0.2) is 0 Å². The highest BCUT2D eigenvalue weighted by Gasteiger charge is 2.30. The molecule has 1 fully saturated rings. The number of aromatic nitrogens is 2. The fraction of sp³-hybridized carbons (Fsp3) is 0.722. The van der Waals surface area contributed by atoms with Crippen LogP contribution in [0, 0.1) is 5.92 Å². The number of rotatable bonds is 1. The molecule has 7 heteroatoms. The summed E-state index contributed by atoms with van der Waals surface area (Å²) in [6.45, 7) is 10.9. The van der Waals surface area contributed by atoms with Crippen molar-refractivity contribution < 1.29 is 9.53 Å². The molecule has 0 unspecified atom stereocenters. The number of nitrogens with zero attached hydrogens (tertiary/aromatic N) is 4. The molecule has 138 valence electrons. The topological polar surface area (TPSA) is 58.6 Å². The predicted octanol–water partition coefficient (Wildman–Crippen LogP) is 3.66. The summed E-state index contributed by atoms with van der Waals surface area (Å²) in [5.74, 6) is 1.71. The van der Waals surface area contributed by atoms with E-state index in [0.29, 0.717) is 13.1 Å². The highest BCUT2D eigenvalue weighted by atomic mass is 35.5. The van der Waals surface area contributed by atoms with Crippen LogP contribution in [-0.4, -0.2) is 46.2 Å². The molecule has 0 spiro atoms. The van der Waals surface area contributed by atoms with Gasteiger partial charge >= 0.3 is 6.09 Å². The molecule has 0 radical (unpaired) electrons. The van der Waals surface area contributed by atoms with Crippen molar-refractivity contribution >= 4 is 23.5 Å². The van der Waals surface area contributed by atoms with Crippen molar-refractivity contribution in [2.45, 2.75) is 59.1 Å². The molecule has 3 rings (SSSR count). The van der Waals surface area contributed by atoms with Crippen LogP contribution >= 0.6 is 11.6 Å².